The Kier molecular flexibility index (Phi) is 4.94. The Morgan fingerprint density at radius 2 is 2.00 bits per heavy atom. The minimum absolute atomic E-state index is 0.289. The van der Waals surface area contributed by atoms with Crippen LogP contribution in [0.5, 0.6) is 5.75 Å². The molecule has 21 heavy (non-hydrogen) atoms. The van der Waals surface area contributed by atoms with Gasteiger partial charge in [0.15, 0.2) is 0 Å². The van der Waals surface area contributed by atoms with E-state index >= 15 is 0 Å². The average Bonchev–Trinajstić information content (AvgIpc) is 2.45. The van der Waals surface area contributed by atoms with E-state index in [1.54, 1.807) is 31.4 Å². The van der Waals surface area contributed by atoms with Crippen molar-refractivity contribution in [2.24, 2.45) is 5.73 Å². The summed E-state index contributed by atoms with van der Waals surface area (Å²) in [5, 5.41) is 4.10. The molecule has 2 rings (SSSR count). The maximum absolute atomic E-state index is 11.1. The van der Waals surface area contributed by atoms with E-state index in [-0.39, 0.29) is 5.56 Å². The number of hydrogen-bond acceptors (Lipinski definition) is 3. The summed E-state index contributed by atoms with van der Waals surface area (Å²) in [6, 6.07) is 10.4. The Hall–Kier alpha value is -1.91. The van der Waals surface area contributed by atoms with Crippen molar-refractivity contribution in [1.82, 2.24) is 0 Å². The highest BCUT2D eigenvalue weighted by Gasteiger charge is 2.09. The zero-order chi connectivity index (χ0) is 15.4. The van der Waals surface area contributed by atoms with Crippen LogP contribution in [0.1, 0.15) is 15.9 Å². The third kappa shape index (κ3) is 3.60. The van der Waals surface area contributed by atoms with Gasteiger partial charge in [0.25, 0.3) is 0 Å². The van der Waals surface area contributed by atoms with Crippen LogP contribution >= 0.6 is 23.2 Å². The van der Waals surface area contributed by atoms with Crippen LogP contribution < -0.4 is 15.8 Å². The van der Waals surface area contributed by atoms with Gasteiger partial charge in [-0.05, 0) is 30.3 Å². The molecular weight excluding hydrogens is 311 g/mol. The topological polar surface area (TPSA) is 64.3 Å². The summed E-state index contributed by atoms with van der Waals surface area (Å²) < 4.78 is 5.28. The van der Waals surface area contributed by atoms with Crippen LogP contribution in [0.3, 0.4) is 0 Å². The molecule has 0 spiro atoms. The molecule has 1 amide bonds. The number of anilines is 1. The van der Waals surface area contributed by atoms with Gasteiger partial charge >= 0.3 is 0 Å². The van der Waals surface area contributed by atoms with E-state index in [1.165, 1.54) is 0 Å². The zero-order valence-corrected chi connectivity index (χ0v) is 12.8. The molecule has 0 aliphatic heterocycles. The van der Waals surface area contributed by atoms with E-state index in [0.717, 1.165) is 11.3 Å². The fourth-order valence-electron chi connectivity index (χ4n) is 1.92. The van der Waals surface area contributed by atoms with Gasteiger partial charge in [-0.25, -0.2) is 0 Å². The molecule has 2 aromatic rings. The van der Waals surface area contributed by atoms with Crippen LogP contribution in [0.4, 0.5) is 5.69 Å². The van der Waals surface area contributed by atoms with Crippen molar-refractivity contribution in [2.75, 3.05) is 12.4 Å². The number of ether oxygens (including phenoxy) is 1. The van der Waals surface area contributed by atoms with Gasteiger partial charge in [0.05, 0.1) is 17.7 Å². The maximum Gasteiger partial charge on any atom is 0.250 e. The Morgan fingerprint density at radius 1 is 1.24 bits per heavy atom. The molecule has 0 atom stereocenters. The highest BCUT2D eigenvalue weighted by molar-refractivity contribution is 6.34. The van der Waals surface area contributed by atoms with E-state index in [0.29, 0.717) is 22.3 Å². The van der Waals surface area contributed by atoms with Gasteiger partial charge in [0.2, 0.25) is 5.91 Å². The molecule has 6 heteroatoms. The number of hydrogen-bond donors (Lipinski definition) is 2. The average molecular weight is 325 g/mol. The van der Waals surface area contributed by atoms with E-state index in [4.69, 9.17) is 33.7 Å². The van der Waals surface area contributed by atoms with Crippen molar-refractivity contribution in [3.8, 4) is 5.75 Å². The predicted molar refractivity (Wildman–Crippen MR) is 85.3 cm³/mol. The predicted octanol–water partition coefficient (Wildman–Crippen LogP) is 3.71. The summed E-state index contributed by atoms with van der Waals surface area (Å²) in [7, 11) is 1.59. The number of nitrogens with two attached hydrogens (primary N) is 1. The first-order valence-electron chi connectivity index (χ1n) is 6.17. The van der Waals surface area contributed by atoms with Crippen molar-refractivity contribution in [3.63, 3.8) is 0 Å². The van der Waals surface area contributed by atoms with Crippen molar-refractivity contribution < 1.29 is 9.53 Å². The molecule has 0 aliphatic rings. The standard InChI is InChI=1S/C15H14Cl2N2O2/c1-21-14-4-2-3-12(16)11(14)8-19-9-5-6-10(15(18)20)13(17)7-9/h2-7,19H,8H2,1H3,(H2,18,20). The van der Waals surface area contributed by atoms with Crippen molar-refractivity contribution >= 4 is 34.8 Å². The Bertz CT molecular complexity index is 675. The minimum atomic E-state index is -0.556. The Labute approximate surface area is 132 Å². The molecule has 0 saturated carbocycles. The largest absolute Gasteiger partial charge is 0.496 e. The number of carbonyl (C=O) groups excluding carboxylic acids is 1. The molecule has 0 bridgehead atoms. The van der Waals surface area contributed by atoms with Gasteiger partial charge in [-0.1, -0.05) is 29.3 Å². The number of amides is 1. The Morgan fingerprint density at radius 3 is 2.62 bits per heavy atom. The first-order valence-corrected chi connectivity index (χ1v) is 6.93. The van der Waals surface area contributed by atoms with E-state index in [1.807, 2.05) is 12.1 Å². The van der Waals surface area contributed by atoms with Crippen LogP contribution in [0.25, 0.3) is 0 Å². The summed E-state index contributed by atoms with van der Waals surface area (Å²) in [6.45, 7) is 0.467. The molecule has 0 heterocycles. The fraction of sp³-hybridized carbons (Fsp3) is 0.133. The summed E-state index contributed by atoms with van der Waals surface area (Å²) >= 11 is 12.2. The molecule has 110 valence electrons. The van der Waals surface area contributed by atoms with Gasteiger partial charge < -0.3 is 15.8 Å². The van der Waals surface area contributed by atoms with E-state index in [9.17, 15) is 4.79 Å². The molecule has 0 fully saturated rings. The van der Waals surface area contributed by atoms with Crippen LogP contribution in [0.2, 0.25) is 10.0 Å². The molecular formula is C15H14Cl2N2O2. The second-order valence-corrected chi connectivity index (χ2v) is 5.15. The third-order valence-electron chi connectivity index (χ3n) is 3.00. The van der Waals surface area contributed by atoms with Gasteiger partial charge in [-0.3, -0.25) is 4.79 Å². The number of carbonyl (C=O) groups is 1. The number of methoxy groups -OCH3 is 1. The van der Waals surface area contributed by atoms with E-state index in [2.05, 4.69) is 5.32 Å². The van der Waals surface area contributed by atoms with Crippen LogP contribution in [0.15, 0.2) is 36.4 Å². The zero-order valence-electron chi connectivity index (χ0n) is 11.3. The second kappa shape index (κ2) is 6.70. The molecule has 0 unspecified atom stereocenters. The summed E-state index contributed by atoms with van der Waals surface area (Å²) in [4.78, 5) is 11.1. The molecule has 0 saturated heterocycles. The highest BCUT2D eigenvalue weighted by Crippen LogP contribution is 2.28. The van der Waals surface area contributed by atoms with Gasteiger partial charge in [-0.15, -0.1) is 0 Å². The van der Waals surface area contributed by atoms with Crippen molar-refractivity contribution in [2.45, 2.75) is 6.54 Å². The fourth-order valence-corrected chi connectivity index (χ4v) is 2.42. The minimum Gasteiger partial charge on any atom is -0.496 e. The van der Waals surface area contributed by atoms with Crippen LogP contribution in [-0.4, -0.2) is 13.0 Å². The molecule has 0 aliphatic carbocycles. The Balaban J connectivity index is 2.17. The lowest BCUT2D eigenvalue weighted by molar-refractivity contribution is 0.100. The van der Waals surface area contributed by atoms with Crippen molar-refractivity contribution in [3.05, 3.63) is 57.6 Å². The summed E-state index contributed by atoms with van der Waals surface area (Å²) in [6.07, 6.45) is 0. The van der Waals surface area contributed by atoms with Gasteiger partial charge in [-0.2, -0.15) is 0 Å². The molecule has 3 N–H and O–H groups in total. The first kappa shape index (κ1) is 15.5. The molecule has 0 aromatic heterocycles. The molecule has 2 aromatic carbocycles. The van der Waals surface area contributed by atoms with Gasteiger partial charge in [0.1, 0.15) is 5.75 Å². The number of benzene rings is 2. The first-order chi connectivity index (χ1) is 10.0. The molecule has 0 radical (unpaired) electrons. The lowest BCUT2D eigenvalue weighted by Crippen LogP contribution is -2.11. The van der Waals surface area contributed by atoms with Crippen LogP contribution in [-0.2, 0) is 6.54 Å². The number of primary amides is 1. The van der Waals surface area contributed by atoms with Gasteiger partial charge in [0, 0.05) is 22.8 Å². The van der Waals surface area contributed by atoms with Crippen LogP contribution in [0, 0.1) is 0 Å². The SMILES string of the molecule is COc1cccc(Cl)c1CNc1ccc(C(N)=O)c(Cl)c1. The lowest BCUT2D eigenvalue weighted by atomic mass is 10.1. The second-order valence-electron chi connectivity index (χ2n) is 4.33. The summed E-state index contributed by atoms with van der Waals surface area (Å²) in [5.74, 6) is 0.147. The van der Waals surface area contributed by atoms with E-state index < -0.39 is 5.91 Å². The smallest absolute Gasteiger partial charge is 0.250 e. The lowest BCUT2D eigenvalue weighted by Gasteiger charge is -2.13. The maximum atomic E-state index is 11.1. The van der Waals surface area contributed by atoms with Crippen molar-refractivity contribution in [1.29, 1.82) is 0 Å². The quantitative estimate of drug-likeness (QED) is 0.881. The normalized spacial score (nSPS) is 10.2. The monoisotopic (exact) mass is 324 g/mol. The number of rotatable bonds is 5. The third-order valence-corrected chi connectivity index (χ3v) is 3.67. The summed E-state index contributed by atoms with van der Waals surface area (Å²) in [5.41, 5.74) is 7.10. The number of nitrogens with one attached hydrogen (secondary N) is 1. The number of halogens is 2. The molecule has 4 nitrogen and oxygen atoms in total. The highest BCUT2D eigenvalue weighted by atomic mass is 35.5.